The van der Waals surface area contributed by atoms with Crippen LogP contribution in [0.3, 0.4) is 0 Å². The third-order valence-corrected chi connectivity index (χ3v) is 6.03. The molecule has 1 N–H and O–H groups in total. The molecule has 7 nitrogen and oxygen atoms in total. The second-order valence-corrected chi connectivity index (χ2v) is 8.29. The summed E-state index contributed by atoms with van der Waals surface area (Å²) in [6, 6.07) is -0.374. The van der Waals surface area contributed by atoms with Gasteiger partial charge in [-0.05, 0) is 32.7 Å². The fourth-order valence-electron chi connectivity index (χ4n) is 3.09. The van der Waals surface area contributed by atoms with Crippen LogP contribution < -0.4 is 5.32 Å². The molecule has 0 spiro atoms. The van der Waals surface area contributed by atoms with E-state index < -0.39 is 15.4 Å². The number of rotatable bonds is 4. The van der Waals surface area contributed by atoms with Crippen LogP contribution in [0.5, 0.6) is 0 Å². The van der Waals surface area contributed by atoms with E-state index in [9.17, 15) is 18.0 Å². The summed E-state index contributed by atoms with van der Waals surface area (Å²) in [4.78, 5) is 25.5. The highest BCUT2D eigenvalue weighted by atomic mass is 32.2. The van der Waals surface area contributed by atoms with Crippen molar-refractivity contribution in [2.75, 3.05) is 31.7 Å². The number of amides is 1. The summed E-state index contributed by atoms with van der Waals surface area (Å²) in [6.45, 7) is 2.51. The highest BCUT2D eigenvalue weighted by Crippen LogP contribution is 2.23. The van der Waals surface area contributed by atoms with Gasteiger partial charge in [0.25, 0.3) is 0 Å². The number of sulfone groups is 1. The average molecular weight is 318 g/mol. The van der Waals surface area contributed by atoms with E-state index in [1.807, 2.05) is 0 Å². The lowest BCUT2D eigenvalue weighted by molar-refractivity contribution is -0.146. The molecule has 0 aliphatic carbocycles. The van der Waals surface area contributed by atoms with Gasteiger partial charge in [-0.2, -0.15) is 0 Å². The number of esters is 1. The van der Waals surface area contributed by atoms with Crippen LogP contribution in [0.1, 0.15) is 26.2 Å². The van der Waals surface area contributed by atoms with E-state index in [0.29, 0.717) is 19.4 Å². The first-order valence-corrected chi connectivity index (χ1v) is 8.90. The summed E-state index contributed by atoms with van der Waals surface area (Å²) in [5, 5.41) is 2.80. The van der Waals surface area contributed by atoms with Crippen molar-refractivity contribution >= 4 is 21.7 Å². The third-order valence-electron chi connectivity index (χ3n) is 4.13. The van der Waals surface area contributed by atoms with Crippen LogP contribution in [0.2, 0.25) is 0 Å². The van der Waals surface area contributed by atoms with Gasteiger partial charge in [-0.25, -0.2) is 8.42 Å². The third kappa shape index (κ3) is 3.94. The lowest BCUT2D eigenvalue weighted by Crippen LogP contribution is -2.51. The van der Waals surface area contributed by atoms with Crippen LogP contribution in [0.4, 0.5) is 0 Å². The molecule has 2 aliphatic heterocycles. The SMILES string of the molecule is COC(=O)C1CCCN1CC(=O)NC1(C)CCS(=O)(=O)C1. The molecule has 0 aromatic rings. The lowest BCUT2D eigenvalue weighted by Gasteiger charge is -2.27. The summed E-state index contributed by atoms with van der Waals surface area (Å²) < 4.78 is 27.8. The highest BCUT2D eigenvalue weighted by molar-refractivity contribution is 7.91. The van der Waals surface area contributed by atoms with E-state index in [4.69, 9.17) is 4.74 Å². The van der Waals surface area contributed by atoms with Gasteiger partial charge in [-0.15, -0.1) is 0 Å². The van der Waals surface area contributed by atoms with Gasteiger partial charge >= 0.3 is 5.97 Å². The van der Waals surface area contributed by atoms with E-state index in [-0.39, 0.29) is 36.0 Å². The summed E-state index contributed by atoms with van der Waals surface area (Å²) in [6.07, 6.45) is 1.96. The number of ether oxygens (including phenoxy) is 1. The molecule has 0 saturated carbocycles. The zero-order valence-electron chi connectivity index (χ0n) is 12.4. The number of hydrogen-bond acceptors (Lipinski definition) is 6. The minimum absolute atomic E-state index is 0.0217. The van der Waals surface area contributed by atoms with E-state index in [1.165, 1.54) is 7.11 Å². The minimum atomic E-state index is -3.06. The Morgan fingerprint density at radius 2 is 2.14 bits per heavy atom. The Morgan fingerprint density at radius 3 is 2.71 bits per heavy atom. The smallest absolute Gasteiger partial charge is 0.323 e. The number of nitrogens with one attached hydrogen (secondary N) is 1. The quantitative estimate of drug-likeness (QED) is 0.690. The molecule has 0 aromatic heterocycles. The van der Waals surface area contributed by atoms with Crippen molar-refractivity contribution in [1.29, 1.82) is 0 Å². The van der Waals surface area contributed by atoms with Crippen molar-refractivity contribution in [2.45, 2.75) is 37.8 Å². The maximum absolute atomic E-state index is 12.1. The fraction of sp³-hybridized carbons (Fsp3) is 0.846. The number of nitrogens with zero attached hydrogens (tertiary/aromatic N) is 1. The molecule has 8 heteroatoms. The first kappa shape index (κ1) is 16.2. The Morgan fingerprint density at radius 1 is 1.43 bits per heavy atom. The lowest BCUT2D eigenvalue weighted by atomic mass is 10.0. The Labute approximate surface area is 124 Å². The summed E-state index contributed by atoms with van der Waals surface area (Å²) in [7, 11) is -1.72. The molecule has 0 aromatic carbocycles. The van der Waals surface area contributed by atoms with Crippen molar-refractivity contribution in [1.82, 2.24) is 10.2 Å². The van der Waals surface area contributed by atoms with Crippen LogP contribution in [0, 0.1) is 0 Å². The van der Waals surface area contributed by atoms with E-state index in [2.05, 4.69) is 5.32 Å². The number of hydrogen-bond donors (Lipinski definition) is 1. The molecule has 2 saturated heterocycles. The predicted octanol–water partition coefficient (Wildman–Crippen LogP) is -0.683. The fourth-order valence-corrected chi connectivity index (χ4v) is 5.18. The minimum Gasteiger partial charge on any atom is -0.468 e. The molecular weight excluding hydrogens is 296 g/mol. The standard InChI is InChI=1S/C13H22N2O5S/c1-13(5-7-21(18,19)9-13)14-11(16)8-15-6-3-4-10(15)12(17)20-2/h10H,3-9H2,1-2H3,(H,14,16). The molecule has 2 aliphatic rings. The summed E-state index contributed by atoms with van der Waals surface area (Å²) in [5.41, 5.74) is -0.698. The summed E-state index contributed by atoms with van der Waals surface area (Å²) >= 11 is 0. The molecule has 21 heavy (non-hydrogen) atoms. The number of likely N-dealkylation sites (tertiary alicyclic amines) is 1. The zero-order valence-corrected chi connectivity index (χ0v) is 13.2. The van der Waals surface area contributed by atoms with E-state index >= 15 is 0 Å². The van der Waals surface area contributed by atoms with Crippen LogP contribution in [0.15, 0.2) is 0 Å². The van der Waals surface area contributed by atoms with Crippen molar-refractivity contribution in [3.8, 4) is 0 Å². The Hall–Kier alpha value is -1.15. The first-order chi connectivity index (χ1) is 9.75. The Balaban J connectivity index is 1.91. The maximum Gasteiger partial charge on any atom is 0.323 e. The van der Waals surface area contributed by atoms with Crippen LogP contribution in [0.25, 0.3) is 0 Å². The highest BCUT2D eigenvalue weighted by Gasteiger charge is 2.40. The van der Waals surface area contributed by atoms with Gasteiger partial charge in [0.15, 0.2) is 9.84 Å². The average Bonchev–Trinajstić information content (AvgIpc) is 2.92. The molecule has 2 rings (SSSR count). The van der Waals surface area contributed by atoms with E-state index in [1.54, 1.807) is 11.8 Å². The molecule has 2 heterocycles. The molecule has 1 amide bonds. The van der Waals surface area contributed by atoms with Crippen LogP contribution in [-0.2, 0) is 24.2 Å². The Bertz CT molecular complexity index is 533. The van der Waals surface area contributed by atoms with Gasteiger partial charge in [0, 0.05) is 0 Å². The molecule has 120 valence electrons. The van der Waals surface area contributed by atoms with Gasteiger partial charge in [-0.1, -0.05) is 0 Å². The normalized spacial score (nSPS) is 32.0. The molecule has 0 radical (unpaired) electrons. The number of carbonyl (C=O) groups is 2. The van der Waals surface area contributed by atoms with Gasteiger partial charge < -0.3 is 10.1 Å². The van der Waals surface area contributed by atoms with Gasteiger partial charge in [0.2, 0.25) is 5.91 Å². The molecular formula is C13H22N2O5S. The summed E-state index contributed by atoms with van der Waals surface area (Å²) in [5.74, 6) is -0.481. The Kier molecular flexibility index (Phi) is 4.57. The zero-order chi connectivity index (χ0) is 15.7. The van der Waals surface area contributed by atoms with Gasteiger partial charge in [-0.3, -0.25) is 14.5 Å². The van der Waals surface area contributed by atoms with Crippen molar-refractivity contribution in [3.05, 3.63) is 0 Å². The van der Waals surface area contributed by atoms with Crippen LogP contribution >= 0.6 is 0 Å². The molecule has 0 bridgehead atoms. The molecule has 2 atom stereocenters. The molecule has 2 unspecified atom stereocenters. The monoisotopic (exact) mass is 318 g/mol. The maximum atomic E-state index is 12.1. The number of methoxy groups -OCH3 is 1. The van der Waals surface area contributed by atoms with E-state index in [0.717, 1.165) is 6.42 Å². The largest absolute Gasteiger partial charge is 0.468 e. The number of carbonyl (C=O) groups excluding carboxylic acids is 2. The van der Waals surface area contributed by atoms with Gasteiger partial charge in [0.05, 0.1) is 30.7 Å². The second-order valence-electron chi connectivity index (χ2n) is 6.10. The van der Waals surface area contributed by atoms with Crippen molar-refractivity contribution in [3.63, 3.8) is 0 Å². The molecule has 2 fully saturated rings. The van der Waals surface area contributed by atoms with Crippen molar-refractivity contribution in [2.24, 2.45) is 0 Å². The topological polar surface area (TPSA) is 92.8 Å². The van der Waals surface area contributed by atoms with Crippen LogP contribution in [-0.4, -0.2) is 68.5 Å². The first-order valence-electron chi connectivity index (χ1n) is 7.08. The predicted molar refractivity (Wildman–Crippen MR) is 76.4 cm³/mol. The second kappa shape index (κ2) is 5.92. The van der Waals surface area contributed by atoms with Crippen molar-refractivity contribution < 1.29 is 22.7 Å². The van der Waals surface area contributed by atoms with Gasteiger partial charge in [0.1, 0.15) is 6.04 Å².